The second-order valence-electron chi connectivity index (χ2n) is 7.77. The number of hydrogen-bond acceptors (Lipinski definition) is 2. The van der Waals surface area contributed by atoms with Crippen LogP contribution in [0.25, 0.3) is 0 Å². The van der Waals surface area contributed by atoms with E-state index in [2.05, 4.69) is 25.9 Å². The predicted molar refractivity (Wildman–Crippen MR) is 77.4 cm³/mol. The van der Waals surface area contributed by atoms with Gasteiger partial charge in [0.2, 0.25) is 4.77 Å². The van der Waals surface area contributed by atoms with Crippen molar-refractivity contribution in [3.63, 3.8) is 0 Å². The van der Waals surface area contributed by atoms with Crippen LogP contribution in [0.15, 0.2) is 6.33 Å². The van der Waals surface area contributed by atoms with Crippen LogP contribution in [-0.4, -0.2) is 26.9 Å². The van der Waals surface area contributed by atoms with Crippen molar-refractivity contribution in [2.24, 2.45) is 17.9 Å². The SMILES string of the molecule is Cn1cnn(C[NH+]2C[C@@]3(C)C[C@@H]2CC(C)(C)C3)c1=S. The average Bonchev–Trinajstić information content (AvgIpc) is 2.68. The van der Waals surface area contributed by atoms with Crippen LogP contribution in [0.5, 0.6) is 0 Å². The van der Waals surface area contributed by atoms with E-state index in [9.17, 15) is 0 Å². The Morgan fingerprint density at radius 2 is 2.16 bits per heavy atom. The summed E-state index contributed by atoms with van der Waals surface area (Å²) in [6, 6.07) is 0.776. The first-order valence-corrected chi connectivity index (χ1v) is 7.62. The molecule has 0 radical (unpaired) electrons. The smallest absolute Gasteiger partial charge is 0.202 e. The summed E-state index contributed by atoms with van der Waals surface area (Å²) < 4.78 is 4.74. The number of nitrogens with zero attached hydrogens (tertiary/aromatic N) is 3. The Balaban J connectivity index is 1.81. The van der Waals surface area contributed by atoms with Crippen LogP contribution < -0.4 is 4.90 Å². The van der Waals surface area contributed by atoms with E-state index in [4.69, 9.17) is 12.2 Å². The summed E-state index contributed by atoms with van der Waals surface area (Å²) in [6.45, 7) is 9.50. The van der Waals surface area contributed by atoms with Gasteiger partial charge in [-0.3, -0.25) is 0 Å². The van der Waals surface area contributed by atoms with E-state index in [1.165, 1.54) is 25.8 Å². The number of hydrogen-bond donors (Lipinski definition) is 1. The molecule has 2 aliphatic rings. The van der Waals surface area contributed by atoms with Gasteiger partial charge in [-0.05, 0) is 24.1 Å². The number of quaternary nitrogens is 1. The maximum absolute atomic E-state index is 5.40. The average molecular weight is 281 g/mol. The molecule has 0 amide bonds. The van der Waals surface area contributed by atoms with Gasteiger partial charge in [-0.1, -0.05) is 20.8 Å². The Morgan fingerprint density at radius 1 is 1.42 bits per heavy atom. The second-order valence-corrected chi connectivity index (χ2v) is 8.14. The minimum absolute atomic E-state index is 0.491. The van der Waals surface area contributed by atoms with Crippen molar-refractivity contribution in [2.75, 3.05) is 6.54 Å². The second kappa shape index (κ2) is 4.16. The monoisotopic (exact) mass is 281 g/mol. The number of likely N-dealkylation sites (tertiary alicyclic amines) is 1. The lowest BCUT2D eigenvalue weighted by Gasteiger charge is -2.37. The summed E-state index contributed by atoms with van der Waals surface area (Å²) in [6.07, 6.45) is 5.87. The van der Waals surface area contributed by atoms with Gasteiger partial charge in [0.25, 0.3) is 0 Å². The molecule has 1 aliphatic heterocycles. The van der Waals surface area contributed by atoms with Crippen molar-refractivity contribution < 1.29 is 4.90 Å². The van der Waals surface area contributed by atoms with Crippen molar-refractivity contribution in [3.05, 3.63) is 11.1 Å². The fourth-order valence-corrected chi connectivity index (χ4v) is 4.81. The van der Waals surface area contributed by atoms with E-state index in [1.807, 2.05) is 22.6 Å². The van der Waals surface area contributed by atoms with Gasteiger partial charge < -0.3 is 9.47 Å². The van der Waals surface area contributed by atoms with E-state index in [0.29, 0.717) is 10.8 Å². The van der Waals surface area contributed by atoms with Crippen molar-refractivity contribution in [3.8, 4) is 0 Å². The van der Waals surface area contributed by atoms with Crippen LogP contribution in [0.3, 0.4) is 0 Å². The summed E-state index contributed by atoms with van der Waals surface area (Å²) in [5.74, 6) is 0. The van der Waals surface area contributed by atoms with E-state index in [1.54, 1.807) is 4.90 Å². The van der Waals surface area contributed by atoms with Gasteiger partial charge in [-0.25, -0.2) is 0 Å². The number of aryl methyl sites for hydroxylation is 1. The van der Waals surface area contributed by atoms with Crippen LogP contribution in [0.4, 0.5) is 0 Å². The lowest BCUT2D eigenvalue weighted by molar-refractivity contribution is -0.937. The summed E-state index contributed by atoms with van der Waals surface area (Å²) in [7, 11) is 1.97. The predicted octanol–water partition coefficient (Wildman–Crippen LogP) is 1.39. The molecule has 1 aliphatic carbocycles. The molecule has 1 saturated carbocycles. The Kier molecular flexibility index (Phi) is 2.91. The van der Waals surface area contributed by atoms with E-state index in [-0.39, 0.29) is 0 Å². The van der Waals surface area contributed by atoms with Crippen LogP contribution in [0.2, 0.25) is 0 Å². The molecular weight excluding hydrogens is 256 g/mol. The summed E-state index contributed by atoms with van der Waals surface area (Å²) in [5, 5.41) is 4.41. The molecule has 0 spiro atoms. The van der Waals surface area contributed by atoms with E-state index < -0.39 is 0 Å². The molecule has 2 heterocycles. The highest BCUT2D eigenvalue weighted by Gasteiger charge is 2.52. The number of aromatic nitrogens is 3. The van der Waals surface area contributed by atoms with Gasteiger partial charge in [-0.2, -0.15) is 9.78 Å². The lowest BCUT2D eigenvalue weighted by Crippen LogP contribution is -3.13. The molecule has 1 aromatic rings. The Bertz CT molecular complexity index is 544. The molecule has 1 aromatic heterocycles. The number of nitrogens with one attached hydrogen (secondary N) is 1. The van der Waals surface area contributed by atoms with Crippen molar-refractivity contribution in [2.45, 2.75) is 52.7 Å². The molecule has 2 fully saturated rings. The number of rotatable bonds is 2. The molecule has 3 atom stereocenters. The maximum atomic E-state index is 5.40. The molecule has 0 aromatic carbocycles. The minimum atomic E-state index is 0.491. The molecule has 1 saturated heterocycles. The third-order valence-electron chi connectivity index (χ3n) is 4.91. The third kappa shape index (κ3) is 2.38. The van der Waals surface area contributed by atoms with Crippen LogP contribution in [0, 0.1) is 15.6 Å². The molecule has 106 valence electrons. The molecule has 3 rings (SSSR count). The fourth-order valence-electron chi connectivity index (χ4n) is 4.66. The molecular formula is C14H25N4S+. The maximum Gasteiger partial charge on any atom is 0.202 e. The highest BCUT2D eigenvalue weighted by atomic mass is 32.1. The quantitative estimate of drug-likeness (QED) is 0.830. The van der Waals surface area contributed by atoms with E-state index in [0.717, 1.165) is 17.5 Å². The third-order valence-corrected chi connectivity index (χ3v) is 5.41. The molecule has 5 heteroatoms. The molecule has 4 nitrogen and oxygen atoms in total. The van der Waals surface area contributed by atoms with Gasteiger partial charge in [0.05, 0.1) is 12.6 Å². The minimum Gasteiger partial charge on any atom is -0.313 e. The first-order chi connectivity index (χ1) is 8.78. The zero-order valence-electron chi connectivity index (χ0n) is 12.4. The van der Waals surface area contributed by atoms with Crippen molar-refractivity contribution in [1.82, 2.24) is 14.3 Å². The first kappa shape index (κ1) is 13.3. The standard InChI is InChI=1S/C14H24N4S/c1-13(2)5-11-6-14(3,7-13)8-17(11)10-18-12(19)16(4)9-15-18/h9,11H,5-8,10H2,1-4H3/p+1/t11-,14-/m0/s1. The van der Waals surface area contributed by atoms with Crippen LogP contribution in [-0.2, 0) is 13.7 Å². The Morgan fingerprint density at radius 3 is 2.79 bits per heavy atom. The highest BCUT2D eigenvalue weighted by Crippen LogP contribution is 2.47. The Labute approximate surface area is 120 Å². The van der Waals surface area contributed by atoms with Gasteiger partial charge in [0.15, 0.2) is 6.67 Å². The molecule has 19 heavy (non-hydrogen) atoms. The van der Waals surface area contributed by atoms with Gasteiger partial charge >= 0.3 is 0 Å². The molecule has 1 N–H and O–H groups in total. The van der Waals surface area contributed by atoms with Gasteiger partial charge in [-0.15, -0.1) is 0 Å². The van der Waals surface area contributed by atoms with Gasteiger partial charge in [0.1, 0.15) is 6.33 Å². The highest BCUT2D eigenvalue weighted by molar-refractivity contribution is 7.71. The van der Waals surface area contributed by atoms with Crippen LogP contribution >= 0.6 is 12.2 Å². The summed E-state index contributed by atoms with van der Waals surface area (Å²) in [5.41, 5.74) is 1.00. The Hall–Kier alpha value is -0.680. The molecule has 2 bridgehead atoms. The largest absolute Gasteiger partial charge is 0.313 e. The van der Waals surface area contributed by atoms with Crippen molar-refractivity contribution in [1.29, 1.82) is 0 Å². The fraction of sp³-hybridized carbons (Fsp3) is 0.857. The summed E-state index contributed by atoms with van der Waals surface area (Å²) in [4.78, 5) is 1.67. The number of fused-ring (bicyclic) bond motifs is 2. The zero-order valence-corrected chi connectivity index (χ0v) is 13.3. The topological polar surface area (TPSA) is 27.2 Å². The first-order valence-electron chi connectivity index (χ1n) is 7.21. The summed E-state index contributed by atoms with van der Waals surface area (Å²) >= 11 is 5.40. The van der Waals surface area contributed by atoms with Crippen LogP contribution in [0.1, 0.15) is 40.0 Å². The lowest BCUT2D eigenvalue weighted by atomic mass is 9.65. The normalized spacial score (nSPS) is 36.6. The molecule has 1 unspecified atom stereocenters. The van der Waals surface area contributed by atoms with Crippen molar-refractivity contribution >= 4 is 12.2 Å². The van der Waals surface area contributed by atoms with Gasteiger partial charge in [0, 0.05) is 25.3 Å². The van der Waals surface area contributed by atoms with E-state index >= 15 is 0 Å². The zero-order chi connectivity index (χ0) is 13.8.